The highest BCUT2D eigenvalue weighted by molar-refractivity contribution is 5.90. The molecule has 5 nitrogen and oxygen atoms in total. The van der Waals surface area contributed by atoms with Gasteiger partial charge in [-0.3, -0.25) is 0 Å². The van der Waals surface area contributed by atoms with E-state index in [4.69, 9.17) is 14.7 Å². The van der Waals surface area contributed by atoms with Crippen LogP contribution in [0.4, 0.5) is 13.2 Å². The van der Waals surface area contributed by atoms with E-state index < -0.39 is 24.3 Å². The van der Waals surface area contributed by atoms with Crippen LogP contribution in [0.5, 0.6) is 5.75 Å². The lowest BCUT2D eigenvalue weighted by Gasteiger charge is -2.11. The first kappa shape index (κ1) is 21.9. The molecule has 3 aromatic rings. The molecule has 0 bridgehead atoms. The van der Waals surface area contributed by atoms with Crippen LogP contribution in [-0.4, -0.2) is 23.9 Å². The summed E-state index contributed by atoms with van der Waals surface area (Å²) >= 11 is 0. The van der Waals surface area contributed by atoms with E-state index in [9.17, 15) is 18.0 Å². The Bertz CT molecular complexity index is 1080. The highest BCUT2D eigenvalue weighted by Crippen LogP contribution is 2.30. The molecule has 0 fully saturated rings. The van der Waals surface area contributed by atoms with Crippen molar-refractivity contribution in [3.63, 3.8) is 0 Å². The number of rotatable bonds is 8. The van der Waals surface area contributed by atoms with E-state index in [2.05, 4.69) is 5.16 Å². The van der Waals surface area contributed by atoms with E-state index in [0.29, 0.717) is 16.9 Å². The number of alkyl halides is 3. The first-order valence-corrected chi connectivity index (χ1v) is 9.18. The molecule has 0 radical (unpaired) electrons. The topological polar surface area (TPSA) is 68.1 Å². The number of hydrogen-bond acceptors (Lipinski definition) is 4. The number of carboxylic acid groups (broad SMARTS) is 1. The molecule has 0 saturated heterocycles. The molecule has 160 valence electrons. The Kier molecular flexibility index (Phi) is 6.92. The number of oxime groups is 1. The number of halogens is 3. The summed E-state index contributed by atoms with van der Waals surface area (Å²) in [5.41, 5.74) is 1.98. The Morgan fingerprint density at radius 1 is 1.00 bits per heavy atom. The lowest BCUT2D eigenvalue weighted by Crippen LogP contribution is -2.06. The second-order valence-electron chi connectivity index (χ2n) is 6.50. The van der Waals surface area contributed by atoms with Gasteiger partial charge in [0.05, 0.1) is 11.8 Å². The van der Waals surface area contributed by atoms with Crippen LogP contribution in [0.15, 0.2) is 78.0 Å². The fraction of sp³-hybridized carbons (Fsp3) is 0.130. The maximum atomic E-state index is 12.9. The average Bonchev–Trinajstić information content (AvgIpc) is 2.75. The number of ether oxygens (including phenoxy) is 1. The van der Waals surface area contributed by atoms with E-state index in [1.165, 1.54) is 12.3 Å². The Balaban J connectivity index is 1.75. The molecule has 0 aliphatic heterocycles. The maximum Gasteiger partial charge on any atom is 0.416 e. The molecule has 0 amide bonds. The molecular formula is C23H18F3NO4. The van der Waals surface area contributed by atoms with Crippen molar-refractivity contribution in [1.29, 1.82) is 0 Å². The van der Waals surface area contributed by atoms with Gasteiger partial charge in [0.15, 0.2) is 0 Å². The zero-order chi connectivity index (χ0) is 22.3. The number of carbonyl (C=O) groups is 1. The van der Waals surface area contributed by atoms with E-state index >= 15 is 0 Å². The number of carboxylic acids is 1. The van der Waals surface area contributed by atoms with Gasteiger partial charge in [-0.2, -0.15) is 13.2 Å². The van der Waals surface area contributed by atoms with Gasteiger partial charge in [-0.1, -0.05) is 53.7 Å². The molecule has 0 heterocycles. The molecule has 3 aromatic carbocycles. The minimum Gasteiger partial charge on any atom is -0.489 e. The predicted molar refractivity (Wildman–Crippen MR) is 109 cm³/mol. The highest BCUT2D eigenvalue weighted by atomic mass is 19.4. The second-order valence-corrected chi connectivity index (χ2v) is 6.50. The van der Waals surface area contributed by atoms with Gasteiger partial charge in [-0.25, -0.2) is 4.79 Å². The van der Waals surface area contributed by atoms with Crippen molar-refractivity contribution in [3.8, 4) is 16.9 Å². The van der Waals surface area contributed by atoms with Crippen LogP contribution >= 0.6 is 0 Å². The van der Waals surface area contributed by atoms with Crippen LogP contribution in [-0.2, 0) is 22.4 Å². The Hall–Kier alpha value is -3.81. The van der Waals surface area contributed by atoms with Gasteiger partial charge < -0.3 is 14.7 Å². The SMILES string of the molecule is O=C(O)CON=Cc1ccccc1-c1cccc(OCc2cccc(C(F)(F)F)c2)c1. The summed E-state index contributed by atoms with van der Waals surface area (Å²) in [7, 11) is 0. The third kappa shape index (κ3) is 6.33. The Morgan fingerprint density at radius 3 is 2.55 bits per heavy atom. The van der Waals surface area contributed by atoms with E-state index in [1.807, 2.05) is 18.2 Å². The fourth-order valence-electron chi connectivity index (χ4n) is 2.82. The van der Waals surface area contributed by atoms with Crippen molar-refractivity contribution in [1.82, 2.24) is 0 Å². The summed E-state index contributed by atoms with van der Waals surface area (Å²) in [6.45, 7) is -0.558. The van der Waals surface area contributed by atoms with Gasteiger partial charge in [0, 0.05) is 5.56 Å². The normalized spacial score (nSPS) is 11.5. The van der Waals surface area contributed by atoms with Crippen LogP contribution in [0.25, 0.3) is 11.1 Å². The van der Waals surface area contributed by atoms with Crippen molar-refractivity contribution in [3.05, 3.63) is 89.5 Å². The molecule has 0 aromatic heterocycles. The summed E-state index contributed by atoms with van der Waals surface area (Å²) in [5, 5.41) is 12.3. The number of aliphatic carboxylic acids is 1. The van der Waals surface area contributed by atoms with Gasteiger partial charge in [0.2, 0.25) is 6.61 Å². The van der Waals surface area contributed by atoms with E-state index in [-0.39, 0.29) is 6.61 Å². The van der Waals surface area contributed by atoms with Crippen LogP contribution in [0, 0.1) is 0 Å². The third-order valence-corrected chi connectivity index (χ3v) is 4.22. The minimum atomic E-state index is -4.41. The van der Waals surface area contributed by atoms with Crippen LogP contribution in [0.2, 0.25) is 0 Å². The fourth-order valence-corrected chi connectivity index (χ4v) is 2.82. The van der Waals surface area contributed by atoms with Crippen molar-refractivity contribution in [2.24, 2.45) is 5.16 Å². The summed E-state index contributed by atoms with van der Waals surface area (Å²) in [5.74, 6) is -0.639. The lowest BCUT2D eigenvalue weighted by atomic mass is 10.0. The molecule has 31 heavy (non-hydrogen) atoms. The summed E-state index contributed by atoms with van der Waals surface area (Å²) in [6.07, 6.45) is -3.00. The Labute approximate surface area is 176 Å². The van der Waals surface area contributed by atoms with Gasteiger partial charge in [-0.05, 0) is 41.0 Å². The van der Waals surface area contributed by atoms with E-state index in [0.717, 1.165) is 23.3 Å². The highest BCUT2D eigenvalue weighted by Gasteiger charge is 2.30. The van der Waals surface area contributed by atoms with Crippen LogP contribution < -0.4 is 4.74 Å². The average molecular weight is 429 g/mol. The van der Waals surface area contributed by atoms with Crippen molar-refractivity contribution >= 4 is 12.2 Å². The predicted octanol–water partition coefficient (Wildman–Crippen LogP) is 5.39. The van der Waals surface area contributed by atoms with Crippen molar-refractivity contribution in [2.75, 3.05) is 6.61 Å². The zero-order valence-electron chi connectivity index (χ0n) is 16.2. The third-order valence-electron chi connectivity index (χ3n) is 4.22. The quantitative estimate of drug-likeness (QED) is 0.385. The molecule has 0 atom stereocenters. The van der Waals surface area contributed by atoms with Crippen molar-refractivity contribution in [2.45, 2.75) is 12.8 Å². The van der Waals surface area contributed by atoms with Crippen LogP contribution in [0.1, 0.15) is 16.7 Å². The standard InChI is InChI=1S/C23H18F3NO4/c24-23(25,26)19-8-3-5-16(11-19)14-30-20-9-4-7-17(12-20)21-10-2-1-6-18(21)13-27-31-15-22(28)29/h1-13H,14-15H2,(H,28,29). The second kappa shape index (κ2) is 9.80. The molecule has 0 unspecified atom stereocenters. The molecule has 0 saturated carbocycles. The Morgan fingerprint density at radius 2 is 1.77 bits per heavy atom. The van der Waals surface area contributed by atoms with Gasteiger partial charge in [0.25, 0.3) is 0 Å². The first-order chi connectivity index (χ1) is 14.8. The smallest absolute Gasteiger partial charge is 0.416 e. The monoisotopic (exact) mass is 429 g/mol. The summed E-state index contributed by atoms with van der Waals surface area (Å²) in [4.78, 5) is 15.2. The lowest BCUT2D eigenvalue weighted by molar-refractivity contribution is -0.142. The summed E-state index contributed by atoms with van der Waals surface area (Å²) < 4.78 is 44.3. The molecule has 1 N–H and O–H groups in total. The molecule has 0 aliphatic rings. The molecule has 0 spiro atoms. The van der Waals surface area contributed by atoms with Crippen LogP contribution in [0.3, 0.4) is 0 Å². The van der Waals surface area contributed by atoms with Gasteiger partial charge >= 0.3 is 12.1 Å². The van der Waals surface area contributed by atoms with E-state index in [1.54, 1.807) is 36.4 Å². The summed E-state index contributed by atoms with van der Waals surface area (Å²) in [6, 6.07) is 19.4. The minimum absolute atomic E-state index is 0.0144. The zero-order valence-corrected chi connectivity index (χ0v) is 16.2. The van der Waals surface area contributed by atoms with Gasteiger partial charge in [-0.15, -0.1) is 0 Å². The van der Waals surface area contributed by atoms with Crippen molar-refractivity contribution < 1.29 is 32.6 Å². The molecule has 3 rings (SSSR count). The number of benzene rings is 3. The maximum absolute atomic E-state index is 12.9. The molecular weight excluding hydrogens is 411 g/mol. The molecule has 8 heteroatoms. The molecule has 0 aliphatic carbocycles. The largest absolute Gasteiger partial charge is 0.489 e. The van der Waals surface area contributed by atoms with Gasteiger partial charge in [0.1, 0.15) is 12.4 Å². The number of nitrogens with zero attached hydrogens (tertiary/aromatic N) is 1. The number of hydrogen-bond donors (Lipinski definition) is 1. The first-order valence-electron chi connectivity index (χ1n) is 9.18.